The lowest BCUT2D eigenvalue weighted by atomic mass is 9.78. The van der Waals surface area contributed by atoms with Gasteiger partial charge in [-0.05, 0) is 43.6 Å². The van der Waals surface area contributed by atoms with Gasteiger partial charge in [-0.1, -0.05) is 38.3 Å². The van der Waals surface area contributed by atoms with Crippen molar-refractivity contribution in [1.82, 2.24) is 0 Å². The van der Waals surface area contributed by atoms with E-state index in [0.29, 0.717) is 18.8 Å². The molecule has 3 fully saturated rings. The molecule has 0 amide bonds. The first-order valence-corrected chi connectivity index (χ1v) is 11.5. The van der Waals surface area contributed by atoms with Gasteiger partial charge in [0.1, 0.15) is 6.10 Å². The topological polar surface area (TPSA) is 76.0 Å². The highest BCUT2D eigenvalue weighted by molar-refractivity contribution is 5.69. The zero-order valence-electron chi connectivity index (χ0n) is 18.0. The SMILES string of the molecule is CCC1CCC(C(O)C=C[C@H]2C(O)C[C@@H]3OC(=CCCCC(=O)OC)C[C@@H]32)CC1. The predicted octanol–water partition coefficient (Wildman–Crippen LogP) is 4.13. The second kappa shape index (κ2) is 10.6. The van der Waals surface area contributed by atoms with Crippen LogP contribution in [0.25, 0.3) is 0 Å². The van der Waals surface area contributed by atoms with Gasteiger partial charge in [0.05, 0.1) is 25.1 Å². The van der Waals surface area contributed by atoms with Gasteiger partial charge in [0.25, 0.3) is 0 Å². The van der Waals surface area contributed by atoms with E-state index in [4.69, 9.17) is 4.74 Å². The molecule has 0 spiro atoms. The third kappa shape index (κ3) is 5.85. The van der Waals surface area contributed by atoms with Crippen LogP contribution in [0.3, 0.4) is 0 Å². The normalized spacial score (nSPS) is 36.9. The summed E-state index contributed by atoms with van der Waals surface area (Å²) in [7, 11) is 1.41. The van der Waals surface area contributed by atoms with E-state index in [9.17, 15) is 15.0 Å². The van der Waals surface area contributed by atoms with Crippen LogP contribution in [-0.2, 0) is 14.3 Å². The van der Waals surface area contributed by atoms with Crippen LogP contribution in [0, 0.1) is 23.7 Å². The molecule has 0 aromatic rings. The van der Waals surface area contributed by atoms with Gasteiger partial charge in [-0.25, -0.2) is 0 Å². The summed E-state index contributed by atoms with van der Waals surface area (Å²) < 4.78 is 10.7. The van der Waals surface area contributed by atoms with E-state index in [-0.39, 0.29) is 23.9 Å². The van der Waals surface area contributed by atoms with E-state index < -0.39 is 12.2 Å². The third-order valence-corrected chi connectivity index (χ3v) is 7.30. The van der Waals surface area contributed by atoms with E-state index in [1.807, 2.05) is 6.08 Å². The van der Waals surface area contributed by atoms with Gasteiger partial charge in [-0.3, -0.25) is 4.79 Å². The molecule has 1 saturated heterocycles. The molecule has 3 aliphatic rings. The standard InChI is InChI=1S/C24H38O5/c1-3-16-8-10-17(11-9-16)21(25)13-12-19-20-14-18(29-23(20)15-22(19)26)6-4-5-7-24(27)28-2/h6,12-13,16-17,19-23,25-26H,3-5,7-11,14-15H2,1-2H3/t16?,17?,19-,20-,21?,22?,23+/m1/s1. The highest BCUT2D eigenvalue weighted by Crippen LogP contribution is 2.45. The Morgan fingerprint density at radius 3 is 2.76 bits per heavy atom. The van der Waals surface area contributed by atoms with Gasteiger partial charge in [0, 0.05) is 31.1 Å². The first-order valence-electron chi connectivity index (χ1n) is 11.5. The Hall–Kier alpha value is -1.33. The lowest BCUT2D eigenvalue weighted by Crippen LogP contribution is -2.25. The van der Waals surface area contributed by atoms with Gasteiger partial charge in [-0.2, -0.15) is 0 Å². The Kier molecular flexibility index (Phi) is 8.19. The van der Waals surface area contributed by atoms with Crippen molar-refractivity contribution in [2.24, 2.45) is 23.7 Å². The van der Waals surface area contributed by atoms with E-state index in [0.717, 1.165) is 43.8 Å². The lowest BCUT2D eigenvalue weighted by Gasteiger charge is -2.30. The van der Waals surface area contributed by atoms with Gasteiger partial charge in [0.2, 0.25) is 0 Å². The number of hydrogen-bond donors (Lipinski definition) is 2. The molecule has 0 radical (unpaired) electrons. The number of carbonyl (C=O) groups excluding carboxylic acids is 1. The van der Waals surface area contributed by atoms with Gasteiger partial charge in [-0.15, -0.1) is 0 Å². The molecule has 1 aliphatic heterocycles. The van der Waals surface area contributed by atoms with Crippen molar-refractivity contribution in [3.05, 3.63) is 24.0 Å². The summed E-state index contributed by atoms with van der Waals surface area (Å²) in [5, 5.41) is 21.1. The molecule has 29 heavy (non-hydrogen) atoms. The summed E-state index contributed by atoms with van der Waals surface area (Å²) in [5.74, 6) is 2.30. The fraction of sp³-hybridized carbons (Fsp3) is 0.792. The fourth-order valence-electron chi connectivity index (χ4n) is 5.33. The Morgan fingerprint density at radius 1 is 1.31 bits per heavy atom. The molecule has 5 atom stereocenters. The zero-order valence-corrected chi connectivity index (χ0v) is 18.0. The molecule has 2 aliphatic carbocycles. The molecule has 5 heteroatoms. The van der Waals surface area contributed by atoms with Crippen LogP contribution in [0.5, 0.6) is 0 Å². The maximum atomic E-state index is 11.2. The Labute approximate surface area is 175 Å². The van der Waals surface area contributed by atoms with Crippen molar-refractivity contribution < 1.29 is 24.5 Å². The van der Waals surface area contributed by atoms with Crippen molar-refractivity contribution in [2.75, 3.05) is 7.11 Å². The number of methoxy groups -OCH3 is 1. The maximum absolute atomic E-state index is 11.2. The van der Waals surface area contributed by atoms with Crippen LogP contribution >= 0.6 is 0 Å². The Morgan fingerprint density at radius 2 is 2.07 bits per heavy atom. The maximum Gasteiger partial charge on any atom is 0.305 e. The van der Waals surface area contributed by atoms with Crippen molar-refractivity contribution in [3.8, 4) is 0 Å². The van der Waals surface area contributed by atoms with Crippen molar-refractivity contribution in [2.45, 2.75) is 89.4 Å². The van der Waals surface area contributed by atoms with Gasteiger partial charge < -0.3 is 19.7 Å². The summed E-state index contributed by atoms with van der Waals surface area (Å²) in [4.78, 5) is 11.2. The predicted molar refractivity (Wildman–Crippen MR) is 112 cm³/mol. The minimum atomic E-state index is -0.408. The van der Waals surface area contributed by atoms with Crippen LogP contribution in [0.2, 0.25) is 0 Å². The minimum Gasteiger partial charge on any atom is -0.495 e. The van der Waals surface area contributed by atoms with Crippen molar-refractivity contribution in [3.63, 3.8) is 0 Å². The Balaban J connectivity index is 1.49. The summed E-state index contributed by atoms with van der Waals surface area (Å²) in [5.41, 5.74) is 0. The summed E-state index contributed by atoms with van der Waals surface area (Å²) >= 11 is 0. The molecule has 2 N–H and O–H groups in total. The highest BCUT2D eigenvalue weighted by Gasteiger charge is 2.47. The van der Waals surface area contributed by atoms with Crippen molar-refractivity contribution in [1.29, 1.82) is 0 Å². The minimum absolute atomic E-state index is 0.0441. The van der Waals surface area contributed by atoms with Crippen LogP contribution in [0.1, 0.15) is 71.1 Å². The van der Waals surface area contributed by atoms with Gasteiger partial charge >= 0.3 is 5.97 Å². The third-order valence-electron chi connectivity index (χ3n) is 7.30. The molecule has 0 bridgehead atoms. The van der Waals surface area contributed by atoms with Crippen LogP contribution in [-0.4, -0.2) is 41.6 Å². The highest BCUT2D eigenvalue weighted by atomic mass is 16.5. The fourth-order valence-corrected chi connectivity index (χ4v) is 5.33. The summed E-state index contributed by atoms with van der Waals surface area (Å²) in [6.07, 6.45) is 14.7. The summed E-state index contributed by atoms with van der Waals surface area (Å²) in [6, 6.07) is 0. The number of esters is 1. The van der Waals surface area contributed by atoms with Crippen LogP contribution < -0.4 is 0 Å². The molecule has 0 aromatic heterocycles. The number of aliphatic hydroxyl groups is 2. The number of ether oxygens (including phenoxy) is 2. The number of hydrogen-bond acceptors (Lipinski definition) is 5. The first kappa shape index (κ1) is 22.4. The average Bonchev–Trinajstić information content (AvgIpc) is 3.25. The molecule has 3 rings (SSSR count). The average molecular weight is 407 g/mol. The van der Waals surface area contributed by atoms with Crippen LogP contribution in [0.4, 0.5) is 0 Å². The molecule has 5 nitrogen and oxygen atoms in total. The molecule has 1 heterocycles. The largest absolute Gasteiger partial charge is 0.495 e. The molecule has 2 unspecified atom stereocenters. The zero-order chi connectivity index (χ0) is 20.8. The van der Waals surface area contributed by atoms with E-state index in [1.165, 1.54) is 26.4 Å². The number of allylic oxidation sites excluding steroid dienone is 2. The quantitative estimate of drug-likeness (QED) is 0.360. The molecule has 2 saturated carbocycles. The van der Waals surface area contributed by atoms with E-state index in [1.54, 1.807) is 0 Å². The second-order valence-electron chi connectivity index (χ2n) is 9.11. The molecule has 0 aromatic carbocycles. The Bertz CT molecular complexity index is 590. The number of rotatable bonds is 8. The van der Waals surface area contributed by atoms with E-state index >= 15 is 0 Å². The molecular weight excluding hydrogens is 368 g/mol. The number of carbonyl (C=O) groups is 1. The smallest absolute Gasteiger partial charge is 0.305 e. The number of aliphatic hydroxyl groups excluding tert-OH is 2. The first-order chi connectivity index (χ1) is 14.0. The molecular formula is C24H38O5. The monoisotopic (exact) mass is 406 g/mol. The second-order valence-corrected chi connectivity index (χ2v) is 9.11. The molecule has 164 valence electrons. The van der Waals surface area contributed by atoms with Gasteiger partial charge in [0.15, 0.2) is 0 Å². The van der Waals surface area contributed by atoms with Crippen molar-refractivity contribution >= 4 is 5.97 Å². The summed E-state index contributed by atoms with van der Waals surface area (Å²) in [6.45, 7) is 2.25. The number of unbranched alkanes of at least 4 members (excludes halogenated alkanes) is 1. The number of fused-ring (bicyclic) bond motifs is 1. The van der Waals surface area contributed by atoms with Crippen LogP contribution in [0.15, 0.2) is 24.0 Å². The van der Waals surface area contributed by atoms with E-state index in [2.05, 4.69) is 23.8 Å². The lowest BCUT2D eigenvalue weighted by molar-refractivity contribution is -0.140.